The first-order valence-corrected chi connectivity index (χ1v) is 12.8. The highest BCUT2D eigenvalue weighted by Crippen LogP contribution is 2.17. The number of allylic oxidation sites excluding steroid dienone is 2. The van der Waals surface area contributed by atoms with E-state index < -0.39 is 17.9 Å². The summed E-state index contributed by atoms with van der Waals surface area (Å²) < 4.78 is 4.89. The lowest BCUT2D eigenvalue weighted by atomic mass is 9.97. The Morgan fingerprint density at radius 3 is 1.77 bits per heavy atom. The minimum atomic E-state index is -0.904. The van der Waals surface area contributed by atoms with E-state index in [9.17, 15) is 14.7 Å². The van der Waals surface area contributed by atoms with Crippen LogP contribution in [0.5, 0.6) is 0 Å². The number of carbonyl (C=O) groups excluding carboxylic acids is 1. The van der Waals surface area contributed by atoms with Gasteiger partial charge in [-0.15, -0.1) is 0 Å². The minimum absolute atomic E-state index is 0.0428. The SMILES string of the molecule is C=CCOC(=O)CC(CCCCCCCCCCCCCC/C=C/CCCC)C(=O)O. The average molecular weight is 437 g/mol. The second kappa shape index (κ2) is 23.1. The lowest BCUT2D eigenvalue weighted by molar-refractivity contribution is -0.151. The Kier molecular flexibility index (Phi) is 21.9. The standard InChI is InChI=1S/C27H48O4/c1-3-5-6-7-8-9-10-11-12-13-14-15-16-17-18-19-20-21-22-25(27(29)30)24-26(28)31-23-4-2/h4,7-8,25H,2-3,5-6,9-24H2,1H3,(H,29,30)/b8-7+. The molecule has 0 aliphatic rings. The van der Waals surface area contributed by atoms with Gasteiger partial charge < -0.3 is 9.84 Å². The molecule has 0 amide bonds. The van der Waals surface area contributed by atoms with Gasteiger partial charge in [0.2, 0.25) is 0 Å². The zero-order valence-electron chi connectivity index (χ0n) is 20.1. The Bertz CT molecular complexity index is 470. The van der Waals surface area contributed by atoms with Gasteiger partial charge in [-0.3, -0.25) is 9.59 Å². The molecule has 0 heterocycles. The topological polar surface area (TPSA) is 63.6 Å². The molecule has 1 N–H and O–H groups in total. The molecule has 0 spiro atoms. The van der Waals surface area contributed by atoms with Crippen molar-refractivity contribution >= 4 is 11.9 Å². The normalized spacial score (nSPS) is 12.2. The molecular formula is C27H48O4. The molecular weight excluding hydrogens is 388 g/mol. The number of esters is 1. The van der Waals surface area contributed by atoms with Gasteiger partial charge in [0.25, 0.3) is 0 Å². The number of carboxylic acids is 1. The van der Waals surface area contributed by atoms with Crippen LogP contribution >= 0.6 is 0 Å². The lowest BCUT2D eigenvalue weighted by Crippen LogP contribution is -2.19. The predicted molar refractivity (Wildman–Crippen MR) is 130 cm³/mol. The Morgan fingerprint density at radius 1 is 0.806 bits per heavy atom. The first-order valence-electron chi connectivity index (χ1n) is 12.8. The highest BCUT2D eigenvalue weighted by Gasteiger charge is 2.21. The number of carboxylic acid groups (broad SMARTS) is 1. The third kappa shape index (κ3) is 21.4. The fraction of sp³-hybridized carbons (Fsp3) is 0.778. The van der Waals surface area contributed by atoms with E-state index in [1.807, 2.05) is 0 Å². The quantitative estimate of drug-likeness (QED) is 0.100. The summed E-state index contributed by atoms with van der Waals surface area (Å²) in [6, 6.07) is 0. The van der Waals surface area contributed by atoms with Crippen molar-refractivity contribution < 1.29 is 19.4 Å². The molecule has 0 rings (SSSR count). The smallest absolute Gasteiger partial charge is 0.307 e. The fourth-order valence-electron chi connectivity index (χ4n) is 3.70. The molecule has 0 aliphatic heterocycles. The van der Waals surface area contributed by atoms with Gasteiger partial charge in [-0.25, -0.2) is 0 Å². The van der Waals surface area contributed by atoms with E-state index >= 15 is 0 Å². The van der Waals surface area contributed by atoms with E-state index in [1.54, 1.807) is 0 Å². The van der Waals surface area contributed by atoms with Crippen molar-refractivity contribution in [1.29, 1.82) is 0 Å². The molecule has 0 fully saturated rings. The van der Waals surface area contributed by atoms with E-state index in [0.717, 1.165) is 19.3 Å². The monoisotopic (exact) mass is 436 g/mol. The number of ether oxygens (including phenoxy) is 1. The second-order valence-electron chi connectivity index (χ2n) is 8.64. The maximum Gasteiger partial charge on any atom is 0.307 e. The number of hydrogen-bond donors (Lipinski definition) is 1. The third-order valence-corrected chi connectivity index (χ3v) is 5.69. The zero-order chi connectivity index (χ0) is 23.0. The molecule has 0 aromatic rings. The first-order chi connectivity index (χ1) is 15.1. The second-order valence-corrected chi connectivity index (χ2v) is 8.64. The van der Waals surface area contributed by atoms with Crippen molar-refractivity contribution in [3.05, 3.63) is 24.8 Å². The molecule has 4 nitrogen and oxygen atoms in total. The Hall–Kier alpha value is -1.58. The van der Waals surface area contributed by atoms with Crippen molar-refractivity contribution in [1.82, 2.24) is 0 Å². The van der Waals surface area contributed by atoms with Crippen molar-refractivity contribution in [2.45, 2.75) is 122 Å². The number of unbranched alkanes of at least 4 members (excludes halogenated alkanes) is 14. The largest absolute Gasteiger partial charge is 0.481 e. The molecule has 31 heavy (non-hydrogen) atoms. The van der Waals surface area contributed by atoms with Crippen LogP contribution in [0.25, 0.3) is 0 Å². The van der Waals surface area contributed by atoms with Gasteiger partial charge in [-0.2, -0.15) is 0 Å². The van der Waals surface area contributed by atoms with Crippen LogP contribution in [0.3, 0.4) is 0 Å². The molecule has 1 unspecified atom stereocenters. The molecule has 0 aliphatic carbocycles. The van der Waals surface area contributed by atoms with Crippen LogP contribution in [0.1, 0.15) is 122 Å². The van der Waals surface area contributed by atoms with Gasteiger partial charge in [0, 0.05) is 0 Å². The molecule has 0 saturated heterocycles. The van der Waals surface area contributed by atoms with Crippen molar-refractivity contribution in [3.63, 3.8) is 0 Å². The summed E-state index contributed by atoms with van der Waals surface area (Å²) in [7, 11) is 0. The van der Waals surface area contributed by atoms with E-state index in [4.69, 9.17) is 4.74 Å². The number of rotatable bonds is 23. The number of hydrogen-bond acceptors (Lipinski definition) is 3. The number of carbonyl (C=O) groups is 2. The molecule has 0 saturated carbocycles. The highest BCUT2D eigenvalue weighted by atomic mass is 16.5. The van der Waals surface area contributed by atoms with Crippen LogP contribution in [-0.2, 0) is 14.3 Å². The van der Waals surface area contributed by atoms with Gasteiger partial charge in [-0.1, -0.05) is 115 Å². The molecule has 180 valence electrons. The molecule has 0 aromatic carbocycles. The molecule has 4 heteroatoms. The summed E-state index contributed by atoms with van der Waals surface area (Å²) >= 11 is 0. The average Bonchev–Trinajstić information content (AvgIpc) is 2.75. The predicted octanol–water partition coefficient (Wildman–Crippen LogP) is 8.01. The summed E-state index contributed by atoms with van der Waals surface area (Å²) in [6.45, 7) is 5.86. The van der Waals surface area contributed by atoms with Crippen LogP contribution in [0.15, 0.2) is 24.8 Å². The molecule has 0 radical (unpaired) electrons. The summed E-state index contributed by atoms with van der Waals surface area (Å²) in [4.78, 5) is 22.9. The summed E-state index contributed by atoms with van der Waals surface area (Å²) in [5.74, 6) is -1.99. The summed E-state index contributed by atoms with van der Waals surface area (Å²) in [5, 5.41) is 9.26. The van der Waals surface area contributed by atoms with Crippen LogP contribution in [0, 0.1) is 5.92 Å². The van der Waals surface area contributed by atoms with Crippen molar-refractivity contribution in [2.24, 2.45) is 5.92 Å². The van der Waals surface area contributed by atoms with Crippen LogP contribution < -0.4 is 0 Å². The fourth-order valence-corrected chi connectivity index (χ4v) is 3.70. The molecule has 0 bridgehead atoms. The summed E-state index contributed by atoms with van der Waals surface area (Å²) in [6.07, 6.45) is 26.8. The van der Waals surface area contributed by atoms with Crippen LogP contribution in [0.4, 0.5) is 0 Å². The van der Waals surface area contributed by atoms with E-state index in [2.05, 4.69) is 25.7 Å². The first kappa shape index (κ1) is 29.4. The van der Waals surface area contributed by atoms with Gasteiger partial charge in [0.1, 0.15) is 6.61 Å². The zero-order valence-corrected chi connectivity index (χ0v) is 20.1. The Labute approximate surface area is 191 Å². The van der Waals surface area contributed by atoms with Gasteiger partial charge in [0.15, 0.2) is 0 Å². The van der Waals surface area contributed by atoms with Gasteiger partial charge in [-0.05, 0) is 25.7 Å². The highest BCUT2D eigenvalue weighted by molar-refractivity contribution is 5.78. The number of aliphatic carboxylic acids is 1. The van der Waals surface area contributed by atoms with E-state index in [-0.39, 0.29) is 13.0 Å². The Morgan fingerprint density at radius 2 is 1.29 bits per heavy atom. The maximum atomic E-state index is 11.6. The van der Waals surface area contributed by atoms with Crippen molar-refractivity contribution in [2.75, 3.05) is 6.61 Å². The van der Waals surface area contributed by atoms with Gasteiger partial charge in [0.05, 0.1) is 12.3 Å². The Balaban J connectivity index is 3.43. The molecule has 0 aromatic heterocycles. The maximum absolute atomic E-state index is 11.6. The van der Waals surface area contributed by atoms with E-state index in [0.29, 0.717) is 6.42 Å². The molecule has 1 atom stereocenters. The van der Waals surface area contributed by atoms with E-state index in [1.165, 1.54) is 89.5 Å². The van der Waals surface area contributed by atoms with Crippen LogP contribution in [-0.4, -0.2) is 23.7 Å². The lowest BCUT2D eigenvalue weighted by Gasteiger charge is -2.11. The third-order valence-electron chi connectivity index (χ3n) is 5.69. The summed E-state index contributed by atoms with van der Waals surface area (Å²) in [5.41, 5.74) is 0. The van der Waals surface area contributed by atoms with Crippen LogP contribution in [0.2, 0.25) is 0 Å². The van der Waals surface area contributed by atoms with Gasteiger partial charge >= 0.3 is 11.9 Å². The van der Waals surface area contributed by atoms with Crippen molar-refractivity contribution in [3.8, 4) is 0 Å². The minimum Gasteiger partial charge on any atom is -0.481 e.